The van der Waals surface area contributed by atoms with Crippen LogP contribution in [-0.2, 0) is 6.42 Å². The van der Waals surface area contributed by atoms with Crippen molar-refractivity contribution in [2.75, 3.05) is 6.61 Å². The highest BCUT2D eigenvalue weighted by Gasteiger charge is 2.26. The van der Waals surface area contributed by atoms with Gasteiger partial charge in [-0.25, -0.2) is 4.39 Å². The van der Waals surface area contributed by atoms with Crippen molar-refractivity contribution in [3.63, 3.8) is 0 Å². The molecule has 0 unspecified atom stereocenters. The number of halogens is 1. The zero-order chi connectivity index (χ0) is 16.2. The Hall–Kier alpha value is -2.07. The SMILES string of the molecule is CCOc1ccc2c(c1)C(=O)/C(=C/CCc1ccc(F)cc1)S2. The molecule has 2 aromatic carbocycles. The van der Waals surface area contributed by atoms with Crippen LogP contribution < -0.4 is 4.74 Å². The van der Waals surface area contributed by atoms with Crippen molar-refractivity contribution >= 4 is 17.5 Å². The number of hydrogen-bond acceptors (Lipinski definition) is 3. The number of allylic oxidation sites excluding steroid dienone is 2. The van der Waals surface area contributed by atoms with Crippen LogP contribution in [0.15, 0.2) is 58.3 Å². The quantitative estimate of drug-likeness (QED) is 0.720. The number of carbonyl (C=O) groups is 1. The first kappa shape index (κ1) is 15.8. The Kier molecular flexibility index (Phi) is 4.82. The normalized spacial score (nSPS) is 15.0. The molecule has 4 heteroatoms. The number of aryl methyl sites for hydroxylation is 1. The van der Waals surface area contributed by atoms with Crippen LogP contribution >= 0.6 is 11.8 Å². The first-order chi connectivity index (χ1) is 11.2. The predicted octanol–water partition coefficient (Wildman–Crippen LogP) is 5.03. The maximum absolute atomic E-state index is 12.9. The van der Waals surface area contributed by atoms with E-state index in [1.807, 2.05) is 31.2 Å². The number of fused-ring (bicyclic) bond motifs is 1. The van der Waals surface area contributed by atoms with Crippen LogP contribution in [0.5, 0.6) is 5.75 Å². The zero-order valence-electron chi connectivity index (χ0n) is 12.8. The third-order valence-corrected chi connectivity index (χ3v) is 4.77. The van der Waals surface area contributed by atoms with E-state index in [1.54, 1.807) is 12.1 Å². The van der Waals surface area contributed by atoms with Gasteiger partial charge in [0.1, 0.15) is 11.6 Å². The Balaban J connectivity index is 1.67. The topological polar surface area (TPSA) is 26.3 Å². The van der Waals surface area contributed by atoms with Gasteiger partial charge in [0.05, 0.1) is 11.5 Å². The number of carbonyl (C=O) groups excluding carboxylic acids is 1. The maximum atomic E-state index is 12.9. The molecule has 0 aliphatic carbocycles. The van der Waals surface area contributed by atoms with Crippen LogP contribution in [0.1, 0.15) is 29.3 Å². The third kappa shape index (κ3) is 3.64. The predicted molar refractivity (Wildman–Crippen MR) is 90.6 cm³/mol. The van der Waals surface area contributed by atoms with Crippen LogP contribution in [0.3, 0.4) is 0 Å². The van der Waals surface area contributed by atoms with Gasteiger partial charge in [-0.3, -0.25) is 4.79 Å². The Bertz CT molecular complexity index is 750. The lowest BCUT2D eigenvalue weighted by molar-refractivity contribution is 0.104. The lowest BCUT2D eigenvalue weighted by Gasteiger charge is -2.03. The monoisotopic (exact) mass is 328 g/mol. The summed E-state index contributed by atoms with van der Waals surface area (Å²) in [5.41, 5.74) is 1.78. The summed E-state index contributed by atoms with van der Waals surface area (Å²) in [5.74, 6) is 0.563. The van der Waals surface area contributed by atoms with Gasteiger partial charge in [-0.2, -0.15) is 0 Å². The molecule has 2 aromatic rings. The van der Waals surface area contributed by atoms with Crippen molar-refractivity contribution < 1.29 is 13.9 Å². The summed E-state index contributed by atoms with van der Waals surface area (Å²) in [5, 5.41) is 0. The van der Waals surface area contributed by atoms with Crippen LogP contribution in [0.4, 0.5) is 4.39 Å². The van der Waals surface area contributed by atoms with Gasteiger partial charge in [0.25, 0.3) is 0 Å². The molecule has 3 rings (SSSR count). The summed E-state index contributed by atoms with van der Waals surface area (Å²) >= 11 is 1.50. The fourth-order valence-electron chi connectivity index (χ4n) is 2.48. The molecule has 0 atom stereocenters. The second kappa shape index (κ2) is 7.01. The summed E-state index contributed by atoms with van der Waals surface area (Å²) in [6.45, 7) is 2.51. The van der Waals surface area contributed by atoms with E-state index in [9.17, 15) is 9.18 Å². The van der Waals surface area contributed by atoms with Gasteiger partial charge in [0.2, 0.25) is 5.78 Å². The van der Waals surface area contributed by atoms with Crippen LogP contribution in [0.25, 0.3) is 0 Å². The summed E-state index contributed by atoms with van der Waals surface area (Å²) < 4.78 is 18.3. The number of ether oxygens (including phenoxy) is 1. The lowest BCUT2D eigenvalue weighted by atomic mass is 10.1. The van der Waals surface area contributed by atoms with E-state index in [1.165, 1.54) is 23.9 Å². The van der Waals surface area contributed by atoms with Gasteiger partial charge >= 0.3 is 0 Å². The van der Waals surface area contributed by atoms with Crippen molar-refractivity contribution in [3.8, 4) is 5.75 Å². The second-order valence-corrected chi connectivity index (χ2v) is 6.34. The van der Waals surface area contributed by atoms with Crippen molar-refractivity contribution in [2.24, 2.45) is 0 Å². The highest BCUT2D eigenvalue weighted by molar-refractivity contribution is 8.04. The molecule has 1 heterocycles. The van der Waals surface area contributed by atoms with E-state index in [0.29, 0.717) is 12.2 Å². The molecular weight excluding hydrogens is 311 g/mol. The number of hydrogen-bond donors (Lipinski definition) is 0. The van der Waals surface area contributed by atoms with Gasteiger partial charge < -0.3 is 4.74 Å². The number of thioether (sulfide) groups is 1. The molecule has 0 N–H and O–H groups in total. The fourth-order valence-corrected chi connectivity index (χ4v) is 3.52. The highest BCUT2D eigenvalue weighted by atomic mass is 32.2. The molecule has 23 heavy (non-hydrogen) atoms. The number of rotatable bonds is 5. The summed E-state index contributed by atoms with van der Waals surface area (Å²) in [6, 6.07) is 12.1. The van der Waals surface area contributed by atoms with E-state index in [2.05, 4.69) is 0 Å². The molecule has 1 aliphatic rings. The van der Waals surface area contributed by atoms with Gasteiger partial charge in [0.15, 0.2) is 0 Å². The molecule has 0 saturated carbocycles. The minimum Gasteiger partial charge on any atom is -0.494 e. The van der Waals surface area contributed by atoms with Crippen LogP contribution in [0, 0.1) is 5.82 Å². The van der Waals surface area contributed by atoms with Crippen molar-refractivity contribution in [3.05, 3.63) is 70.4 Å². The molecule has 0 fully saturated rings. The van der Waals surface area contributed by atoms with E-state index in [4.69, 9.17) is 4.74 Å². The second-order valence-electron chi connectivity index (χ2n) is 5.26. The van der Waals surface area contributed by atoms with E-state index in [0.717, 1.165) is 34.0 Å². The minimum atomic E-state index is -0.228. The molecule has 1 aliphatic heterocycles. The first-order valence-corrected chi connectivity index (χ1v) is 8.43. The Morgan fingerprint density at radius 2 is 1.96 bits per heavy atom. The van der Waals surface area contributed by atoms with Crippen molar-refractivity contribution in [1.29, 1.82) is 0 Å². The smallest absolute Gasteiger partial charge is 0.200 e. The van der Waals surface area contributed by atoms with Gasteiger partial charge in [-0.15, -0.1) is 0 Å². The Morgan fingerprint density at radius 1 is 1.17 bits per heavy atom. The fraction of sp³-hybridized carbons (Fsp3) is 0.211. The maximum Gasteiger partial charge on any atom is 0.200 e. The van der Waals surface area contributed by atoms with Gasteiger partial charge in [0, 0.05) is 10.5 Å². The van der Waals surface area contributed by atoms with Crippen molar-refractivity contribution in [1.82, 2.24) is 0 Å². The van der Waals surface area contributed by atoms with Crippen LogP contribution in [-0.4, -0.2) is 12.4 Å². The molecule has 2 nitrogen and oxygen atoms in total. The van der Waals surface area contributed by atoms with Gasteiger partial charge in [-0.05, 0) is 55.7 Å². The number of Topliss-reactive ketones (excluding diaryl/α,β-unsaturated/α-hetero) is 1. The van der Waals surface area contributed by atoms with Gasteiger partial charge in [-0.1, -0.05) is 30.0 Å². The molecule has 0 aromatic heterocycles. The van der Waals surface area contributed by atoms with E-state index < -0.39 is 0 Å². The molecular formula is C19H17FO2S. The Morgan fingerprint density at radius 3 is 2.70 bits per heavy atom. The van der Waals surface area contributed by atoms with E-state index >= 15 is 0 Å². The van der Waals surface area contributed by atoms with Crippen LogP contribution in [0.2, 0.25) is 0 Å². The highest BCUT2D eigenvalue weighted by Crippen LogP contribution is 2.41. The number of ketones is 1. The summed E-state index contributed by atoms with van der Waals surface area (Å²) in [6.07, 6.45) is 3.51. The molecule has 0 bridgehead atoms. The minimum absolute atomic E-state index is 0.0608. The molecule has 0 saturated heterocycles. The molecule has 0 amide bonds. The molecule has 118 valence electrons. The summed E-state index contributed by atoms with van der Waals surface area (Å²) in [4.78, 5) is 14.2. The lowest BCUT2D eigenvalue weighted by Crippen LogP contribution is -1.97. The largest absolute Gasteiger partial charge is 0.494 e. The summed E-state index contributed by atoms with van der Waals surface area (Å²) in [7, 11) is 0. The Labute approximate surface area is 139 Å². The standard InChI is InChI=1S/C19H17FO2S/c1-2-22-15-10-11-17-16(12-15)19(21)18(23-17)5-3-4-13-6-8-14(20)9-7-13/h5-12H,2-4H2,1H3/b18-5-. The van der Waals surface area contributed by atoms with Crippen molar-refractivity contribution in [2.45, 2.75) is 24.7 Å². The molecule has 0 radical (unpaired) electrons. The zero-order valence-corrected chi connectivity index (χ0v) is 13.7. The average Bonchev–Trinajstić information content (AvgIpc) is 2.86. The average molecular weight is 328 g/mol. The van der Waals surface area contributed by atoms with E-state index in [-0.39, 0.29) is 11.6 Å². The number of benzene rings is 2. The molecule has 0 spiro atoms. The first-order valence-electron chi connectivity index (χ1n) is 7.61. The third-order valence-electron chi connectivity index (χ3n) is 3.63.